The Bertz CT molecular complexity index is 186. The van der Waals surface area contributed by atoms with Gasteiger partial charge in [-0.1, -0.05) is 13.8 Å². The molecule has 1 fully saturated rings. The van der Waals surface area contributed by atoms with E-state index in [-0.39, 0.29) is 17.4 Å². The molecule has 2 unspecified atom stereocenters. The Morgan fingerprint density at radius 2 is 1.82 bits per heavy atom. The van der Waals surface area contributed by atoms with Crippen LogP contribution in [-0.2, 0) is 4.79 Å². The quantitative estimate of drug-likeness (QED) is 0.519. The molecular weight excluding hydrogens is 138 g/mol. The Kier molecular flexibility index (Phi) is 1.73. The molecule has 2 heteroatoms. The van der Waals surface area contributed by atoms with Crippen LogP contribution in [0.2, 0.25) is 0 Å². The average Bonchev–Trinajstić information content (AvgIpc) is 2.06. The van der Waals surface area contributed by atoms with Crippen molar-refractivity contribution < 1.29 is 4.79 Å². The third-order valence-electron chi connectivity index (χ3n) is 3.45. The summed E-state index contributed by atoms with van der Waals surface area (Å²) >= 11 is 0. The monoisotopic (exact) mass is 155 g/mol. The Balaban J connectivity index is 2.96. The van der Waals surface area contributed by atoms with Crippen LogP contribution in [0, 0.1) is 11.8 Å². The highest BCUT2D eigenvalue weighted by atomic mass is 16.2. The van der Waals surface area contributed by atoms with Crippen LogP contribution in [0.15, 0.2) is 0 Å². The maximum absolute atomic E-state index is 11.5. The molecule has 1 aliphatic heterocycles. The number of hydrogen-bond donors (Lipinski definition) is 0. The Labute approximate surface area is 68.6 Å². The van der Waals surface area contributed by atoms with Gasteiger partial charge in [-0.25, -0.2) is 0 Å². The third kappa shape index (κ3) is 0.959. The van der Waals surface area contributed by atoms with Gasteiger partial charge in [0.25, 0.3) is 0 Å². The predicted molar refractivity (Wildman–Crippen MR) is 45.2 cm³/mol. The summed E-state index contributed by atoms with van der Waals surface area (Å²) in [5, 5.41) is 0. The lowest BCUT2D eigenvalue weighted by atomic mass is 9.85. The van der Waals surface area contributed by atoms with Crippen molar-refractivity contribution in [2.24, 2.45) is 11.8 Å². The highest BCUT2D eigenvalue weighted by molar-refractivity contribution is 5.82. The summed E-state index contributed by atoms with van der Waals surface area (Å²) in [4.78, 5) is 13.3. The van der Waals surface area contributed by atoms with Crippen molar-refractivity contribution in [2.75, 3.05) is 7.05 Å². The van der Waals surface area contributed by atoms with Crippen molar-refractivity contribution >= 4 is 5.91 Å². The zero-order chi connectivity index (χ0) is 8.81. The zero-order valence-corrected chi connectivity index (χ0v) is 8.01. The van der Waals surface area contributed by atoms with E-state index >= 15 is 0 Å². The molecule has 0 saturated carbocycles. The van der Waals surface area contributed by atoms with Crippen LogP contribution in [0.4, 0.5) is 0 Å². The van der Waals surface area contributed by atoms with E-state index in [1.165, 1.54) is 0 Å². The van der Waals surface area contributed by atoms with Gasteiger partial charge in [0.05, 0.1) is 0 Å². The Morgan fingerprint density at radius 3 is 1.91 bits per heavy atom. The fourth-order valence-electron chi connectivity index (χ4n) is 1.72. The van der Waals surface area contributed by atoms with Crippen LogP contribution in [0.25, 0.3) is 0 Å². The molecule has 0 aromatic rings. The topological polar surface area (TPSA) is 20.3 Å². The van der Waals surface area contributed by atoms with Gasteiger partial charge >= 0.3 is 0 Å². The first-order valence-corrected chi connectivity index (χ1v) is 4.16. The molecule has 11 heavy (non-hydrogen) atoms. The maximum atomic E-state index is 11.5. The molecule has 0 aromatic carbocycles. The van der Waals surface area contributed by atoms with Gasteiger partial charge in [0, 0.05) is 18.5 Å². The summed E-state index contributed by atoms with van der Waals surface area (Å²) in [5.74, 6) is 0.928. The van der Waals surface area contributed by atoms with Gasteiger partial charge in [0.2, 0.25) is 5.91 Å². The lowest BCUT2D eigenvalue weighted by molar-refractivity contribution is -0.131. The van der Waals surface area contributed by atoms with E-state index < -0.39 is 0 Å². The molecule has 1 aliphatic rings. The van der Waals surface area contributed by atoms with Crippen LogP contribution >= 0.6 is 0 Å². The molecule has 2 nitrogen and oxygen atoms in total. The first-order valence-electron chi connectivity index (χ1n) is 4.16. The summed E-state index contributed by atoms with van der Waals surface area (Å²) < 4.78 is 0. The molecule has 1 amide bonds. The van der Waals surface area contributed by atoms with Crippen LogP contribution in [-0.4, -0.2) is 23.4 Å². The third-order valence-corrected chi connectivity index (χ3v) is 3.45. The van der Waals surface area contributed by atoms with Crippen molar-refractivity contribution in [3.05, 3.63) is 0 Å². The van der Waals surface area contributed by atoms with Crippen molar-refractivity contribution in [1.82, 2.24) is 4.90 Å². The summed E-state index contributed by atoms with van der Waals surface area (Å²) in [6.45, 7) is 8.41. The number of amides is 1. The molecule has 0 radical (unpaired) electrons. The number of carbonyl (C=O) groups is 1. The SMILES string of the molecule is CC1C(=O)N(C)C(C)(C)C1C. The van der Waals surface area contributed by atoms with E-state index in [0.717, 1.165) is 0 Å². The Hall–Kier alpha value is -0.530. The number of carbonyl (C=O) groups excluding carboxylic acids is 1. The van der Waals surface area contributed by atoms with Gasteiger partial charge in [-0.3, -0.25) is 4.79 Å². The minimum Gasteiger partial charge on any atom is -0.340 e. The van der Waals surface area contributed by atoms with Gasteiger partial charge in [-0.05, 0) is 19.8 Å². The highest BCUT2D eigenvalue weighted by Crippen LogP contribution is 2.37. The second kappa shape index (κ2) is 2.23. The highest BCUT2D eigenvalue weighted by Gasteiger charge is 2.46. The van der Waals surface area contributed by atoms with Crippen LogP contribution in [0.5, 0.6) is 0 Å². The molecule has 0 N–H and O–H groups in total. The molecular formula is C9H17NO. The number of nitrogens with zero attached hydrogens (tertiary/aromatic N) is 1. The fourth-order valence-corrected chi connectivity index (χ4v) is 1.72. The largest absolute Gasteiger partial charge is 0.340 e. The second-order valence-corrected chi connectivity index (χ2v) is 4.13. The van der Waals surface area contributed by atoms with E-state index in [9.17, 15) is 4.79 Å². The van der Waals surface area contributed by atoms with E-state index in [1.807, 2.05) is 18.9 Å². The molecule has 1 rings (SSSR count). The van der Waals surface area contributed by atoms with Gasteiger partial charge in [-0.15, -0.1) is 0 Å². The minimum atomic E-state index is 0.0382. The van der Waals surface area contributed by atoms with Crippen molar-refractivity contribution in [2.45, 2.75) is 33.2 Å². The van der Waals surface area contributed by atoms with Crippen LogP contribution in [0.1, 0.15) is 27.7 Å². The maximum Gasteiger partial charge on any atom is 0.225 e. The molecule has 0 bridgehead atoms. The summed E-state index contributed by atoms with van der Waals surface area (Å²) in [7, 11) is 1.89. The molecule has 1 heterocycles. The fraction of sp³-hybridized carbons (Fsp3) is 0.889. The van der Waals surface area contributed by atoms with E-state index in [4.69, 9.17) is 0 Å². The Morgan fingerprint density at radius 1 is 1.36 bits per heavy atom. The molecule has 0 spiro atoms. The molecule has 0 aliphatic carbocycles. The zero-order valence-electron chi connectivity index (χ0n) is 8.01. The van der Waals surface area contributed by atoms with Gasteiger partial charge in [0.15, 0.2) is 0 Å². The molecule has 0 aromatic heterocycles. The summed E-state index contributed by atoms with van der Waals surface area (Å²) in [6, 6.07) is 0. The second-order valence-electron chi connectivity index (χ2n) is 4.13. The van der Waals surface area contributed by atoms with Gasteiger partial charge < -0.3 is 4.90 Å². The smallest absolute Gasteiger partial charge is 0.225 e. The normalized spacial score (nSPS) is 36.5. The van der Waals surface area contributed by atoms with Crippen molar-refractivity contribution in [3.63, 3.8) is 0 Å². The molecule has 1 saturated heterocycles. The van der Waals surface area contributed by atoms with Crippen LogP contribution < -0.4 is 0 Å². The standard InChI is InChI=1S/C9H17NO/c1-6-7(2)9(3,4)10(5)8(6)11/h6-7H,1-5H3. The number of hydrogen-bond acceptors (Lipinski definition) is 1. The first-order chi connectivity index (χ1) is 4.89. The predicted octanol–water partition coefficient (Wildman–Crippen LogP) is 1.51. The molecule has 2 atom stereocenters. The van der Waals surface area contributed by atoms with Gasteiger partial charge in [0.1, 0.15) is 0 Å². The van der Waals surface area contributed by atoms with E-state index in [1.54, 1.807) is 0 Å². The van der Waals surface area contributed by atoms with Gasteiger partial charge in [-0.2, -0.15) is 0 Å². The lowest BCUT2D eigenvalue weighted by Crippen LogP contribution is -2.40. The summed E-state index contributed by atoms with van der Waals surface area (Å²) in [5.41, 5.74) is 0.0382. The van der Waals surface area contributed by atoms with E-state index in [0.29, 0.717) is 5.92 Å². The molecule has 64 valence electrons. The summed E-state index contributed by atoms with van der Waals surface area (Å²) in [6.07, 6.45) is 0. The van der Waals surface area contributed by atoms with Crippen molar-refractivity contribution in [1.29, 1.82) is 0 Å². The lowest BCUT2D eigenvalue weighted by Gasteiger charge is -2.31. The van der Waals surface area contributed by atoms with E-state index in [2.05, 4.69) is 20.8 Å². The first kappa shape index (κ1) is 8.57. The average molecular weight is 155 g/mol. The number of likely N-dealkylation sites (tertiary alicyclic amines) is 1. The number of rotatable bonds is 0. The van der Waals surface area contributed by atoms with Crippen LogP contribution in [0.3, 0.4) is 0 Å². The van der Waals surface area contributed by atoms with Crippen molar-refractivity contribution in [3.8, 4) is 0 Å². The minimum absolute atomic E-state index is 0.0382.